The van der Waals surface area contributed by atoms with Crippen LogP contribution in [0.3, 0.4) is 0 Å². The number of anilines is 2. The number of carbonyl (C=O) groups is 2. The first kappa shape index (κ1) is 16.0. The molecule has 1 aromatic heterocycles. The molecule has 0 saturated heterocycles. The number of aryl methyl sites for hydroxylation is 1. The van der Waals surface area contributed by atoms with Gasteiger partial charge in [-0.25, -0.2) is 0 Å². The number of rotatable bonds is 4. The van der Waals surface area contributed by atoms with Crippen molar-refractivity contribution in [3.05, 3.63) is 66.7 Å². The predicted molar refractivity (Wildman–Crippen MR) is 97.1 cm³/mol. The highest BCUT2D eigenvalue weighted by Gasteiger charge is 2.26. The summed E-state index contributed by atoms with van der Waals surface area (Å²) in [5.41, 5.74) is 2.33. The molecule has 1 N–H and O–H groups in total. The number of carbonyl (C=O) groups excluding carboxylic acids is 2. The van der Waals surface area contributed by atoms with Crippen molar-refractivity contribution in [2.24, 2.45) is 0 Å². The predicted octanol–water partition coefficient (Wildman–Crippen LogP) is 2.19. The second kappa shape index (κ2) is 6.79. The Kier molecular flexibility index (Phi) is 4.18. The second-order valence-corrected chi connectivity index (χ2v) is 6.00. The molecule has 0 saturated carbocycles. The van der Waals surface area contributed by atoms with E-state index >= 15 is 0 Å². The first-order chi connectivity index (χ1) is 12.7. The largest absolute Gasteiger partial charge is 0.323 e. The molecule has 0 aliphatic carbocycles. The molecule has 1 aliphatic heterocycles. The van der Waals surface area contributed by atoms with Crippen molar-refractivity contribution in [1.29, 1.82) is 0 Å². The summed E-state index contributed by atoms with van der Waals surface area (Å²) in [6.07, 6.45) is 2.32. The fraction of sp³-hybridized carbons (Fsp3) is 0.158. The minimum absolute atomic E-state index is 0.0290. The number of hydrogen-bond donors (Lipinski definition) is 1. The number of nitrogens with one attached hydrogen (secondary N) is 1. The summed E-state index contributed by atoms with van der Waals surface area (Å²) in [4.78, 5) is 26.1. The second-order valence-electron chi connectivity index (χ2n) is 6.00. The molecule has 2 aromatic carbocycles. The van der Waals surface area contributed by atoms with Crippen molar-refractivity contribution in [3.63, 3.8) is 0 Å². The zero-order valence-electron chi connectivity index (χ0n) is 14.0. The molecule has 7 nitrogen and oxygen atoms in total. The van der Waals surface area contributed by atoms with Crippen LogP contribution in [-0.2, 0) is 16.0 Å². The molecule has 0 atom stereocenters. The van der Waals surface area contributed by atoms with Crippen LogP contribution in [0.1, 0.15) is 12.2 Å². The van der Waals surface area contributed by atoms with Crippen LogP contribution in [0.25, 0.3) is 5.69 Å². The van der Waals surface area contributed by atoms with Gasteiger partial charge in [0, 0.05) is 18.5 Å². The molecule has 0 bridgehead atoms. The van der Waals surface area contributed by atoms with E-state index in [9.17, 15) is 9.59 Å². The molecule has 0 unspecified atom stereocenters. The average molecular weight is 347 g/mol. The number of fused-ring (bicyclic) bond motifs is 1. The van der Waals surface area contributed by atoms with E-state index in [1.54, 1.807) is 12.4 Å². The maximum atomic E-state index is 12.7. The van der Waals surface area contributed by atoms with Crippen molar-refractivity contribution >= 4 is 23.2 Å². The molecule has 0 fully saturated rings. The zero-order chi connectivity index (χ0) is 17.9. The lowest BCUT2D eigenvalue weighted by Crippen LogP contribution is -2.42. The van der Waals surface area contributed by atoms with Gasteiger partial charge in [-0.1, -0.05) is 30.3 Å². The third-order valence-corrected chi connectivity index (χ3v) is 4.29. The summed E-state index contributed by atoms with van der Waals surface area (Å²) < 4.78 is 1.87. The van der Waals surface area contributed by atoms with Crippen LogP contribution in [0, 0.1) is 0 Å². The number of nitrogens with zero attached hydrogens (tertiary/aromatic N) is 4. The van der Waals surface area contributed by atoms with Crippen LogP contribution in [-0.4, -0.2) is 33.1 Å². The van der Waals surface area contributed by atoms with Crippen molar-refractivity contribution in [3.8, 4) is 5.69 Å². The summed E-state index contributed by atoms with van der Waals surface area (Å²) >= 11 is 0. The molecule has 7 heteroatoms. The van der Waals surface area contributed by atoms with Gasteiger partial charge in [-0.2, -0.15) is 0 Å². The Morgan fingerprint density at radius 2 is 1.85 bits per heavy atom. The van der Waals surface area contributed by atoms with E-state index in [0.717, 1.165) is 11.4 Å². The van der Waals surface area contributed by atoms with E-state index in [1.807, 2.05) is 53.1 Å². The quantitative estimate of drug-likeness (QED) is 0.784. The van der Waals surface area contributed by atoms with Crippen molar-refractivity contribution < 1.29 is 9.59 Å². The molecule has 1 aliphatic rings. The first-order valence-corrected chi connectivity index (χ1v) is 8.36. The first-order valence-electron chi connectivity index (χ1n) is 8.36. The van der Waals surface area contributed by atoms with Gasteiger partial charge in [-0.15, -0.1) is 10.2 Å². The molecular formula is C19H17N5O2. The van der Waals surface area contributed by atoms with Crippen LogP contribution in [0.2, 0.25) is 0 Å². The Hall–Kier alpha value is -3.48. The van der Waals surface area contributed by atoms with Crippen molar-refractivity contribution in [1.82, 2.24) is 14.8 Å². The maximum Gasteiger partial charge on any atom is 0.244 e. The highest BCUT2D eigenvalue weighted by molar-refractivity contribution is 6.09. The third kappa shape index (κ3) is 3.06. The molecule has 0 radical (unpaired) electrons. The molecule has 130 valence electrons. The Morgan fingerprint density at radius 3 is 2.69 bits per heavy atom. The van der Waals surface area contributed by atoms with Crippen molar-refractivity contribution in [2.45, 2.75) is 12.8 Å². The lowest BCUT2D eigenvalue weighted by molar-refractivity contribution is -0.121. The Morgan fingerprint density at radius 1 is 1.08 bits per heavy atom. The molecule has 3 aromatic rings. The number of aromatic nitrogens is 3. The maximum absolute atomic E-state index is 12.7. The van der Waals surface area contributed by atoms with Gasteiger partial charge in [0.15, 0.2) is 0 Å². The molecule has 2 amide bonds. The van der Waals surface area contributed by atoms with Crippen LogP contribution >= 0.6 is 0 Å². The highest BCUT2D eigenvalue weighted by Crippen LogP contribution is 2.29. The minimum atomic E-state index is -0.190. The number of para-hydroxylation sites is 3. The van der Waals surface area contributed by atoms with Gasteiger partial charge in [-0.3, -0.25) is 14.2 Å². The smallest absolute Gasteiger partial charge is 0.244 e. The van der Waals surface area contributed by atoms with Gasteiger partial charge in [-0.05, 0) is 24.3 Å². The lowest BCUT2D eigenvalue weighted by Gasteiger charge is -2.29. The Bertz CT molecular complexity index is 951. The van der Waals surface area contributed by atoms with Gasteiger partial charge in [0.1, 0.15) is 18.7 Å². The van der Waals surface area contributed by atoms with Gasteiger partial charge in [0.05, 0.1) is 11.4 Å². The number of hydrogen-bond acceptors (Lipinski definition) is 4. The van der Waals surface area contributed by atoms with E-state index < -0.39 is 0 Å². The Balaban J connectivity index is 1.51. The van der Waals surface area contributed by atoms with E-state index in [4.69, 9.17) is 0 Å². The molecule has 2 heterocycles. The van der Waals surface area contributed by atoms with E-state index in [1.165, 1.54) is 4.90 Å². The summed E-state index contributed by atoms with van der Waals surface area (Å²) in [5.74, 6) is 0.402. The fourth-order valence-electron chi connectivity index (χ4n) is 3.04. The van der Waals surface area contributed by atoms with Gasteiger partial charge in [0.25, 0.3) is 0 Å². The SMILES string of the molecule is O=C1CN(C(=O)CCc2nncn2-c2ccccc2)c2ccccc2N1. The lowest BCUT2D eigenvalue weighted by atomic mass is 10.1. The van der Waals surface area contributed by atoms with Crippen LogP contribution < -0.4 is 10.2 Å². The van der Waals surface area contributed by atoms with Crippen LogP contribution in [0.4, 0.5) is 11.4 Å². The van der Waals surface area contributed by atoms with Gasteiger partial charge in [0.2, 0.25) is 11.8 Å². The number of benzene rings is 2. The average Bonchev–Trinajstić information content (AvgIpc) is 3.14. The highest BCUT2D eigenvalue weighted by atomic mass is 16.2. The normalized spacial score (nSPS) is 13.2. The zero-order valence-corrected chi connectivity index (χ0v) is 14.0. The summed E-state index contributed by atoms with van der Waals surface area (Å²) in [6, 6.07) is 17.0. The van der Waals surface area contributed by atoms with E-state index in [0.29, 0.717) is 17.9 Å². The van der Waals surface area contributed by atoms with Gasteiger partial charge < -0.3 is 10.2 Å². The summed E-state index contributed by atoms with van der Waals surface area (Å²) in [7, 11) is 0. The van der Waals surface area contributed by atoms with Crippen LogP contribution in [0.15, 0.2) is 60.9 Å². The Labute approximate surface area is 150 Å². The van der Waals surface area contributed by atoms with E-state index in [-0.39, 0.29) is 24.8 Å². The van der Waals surface area contributed by atoms with Gasteiger partial charge >= 0.3 is 0 Å². The third-order valence-electron chi connectivity index (χ3n) is 4.29. The molecule has 4 rings (SSSR count). The molecule has 26 heavy (non-hydrogen) atoms. The van der Waals surface area contributed by atoms with Crippen molar-refractivity contribution in [2.75, 3.05) is 16.8 Å². The molecular weight excluding hydrogens is 330 g/mol. The topological polar surface area (TPSA) is 80.1 Å². The van der Waals surface area contributed by atoms with E-state index in [2.05, 4.69) is 15.5 Å². The summed E-state index contributed by atoms with van der Waals surface area (Å²) in [6.45, 7) is 0.0290. The standard InChI is InChI=1S/C19H17N5O2/c25-18-12-23(16-9-5-4-8-15(16)21-18)19(26)11-10-17-22-20-13-24(17)14-6-2-1-3-7-14/h1-9,13H,10-12H2,(H,21,25). The monoisotopic (exact) mass is 347 g/mol. The minimum Gasteiger partial charge on any atom is -0.323 e. The van der Waals surface area contributed by atoms with Crippen LogP contribution in [0.5, 0.6) is 0 Å². The fourth-order valence-corrected chi connectivity index (χ4v) is 3.04. The summed E-state index contributed by atoms with van der Waals surface area (Å²) in [5, 5.41) is 10.9. The number of amides is 2. The molecule has 0 spiro atoms.